The van der Waals surface area contributed by atoms with E-state index >= 15 is 0 Å². The number of Topliss-reactive ketones (excluding diaryl/α,β-unsaturated/α-hetero) is 1. The van der Waals surface area contributed by atoms with Crippen molar-refractivity contribution in [3.05, 3.63) is 46.8 Å². The summed E-state index contributed by atoms with van der Waals surface area (Å²) < 4.78 is 12.4. The van der Waals surface area contributed by atoms with E-state index in [2.05, 4.69) is 26.7 Å². The van der Waals surface area contributed by atoms with Crippen LogP contribution in [-0.4, -0.2) is 51.0 Å². The standard InChI is InChI=1S/C24H30N4O4S/c1-6-8-13-28-22(17-9-11-18(31-5)12-10-17)26-27-24(28)33-14-19(29)21-15(3)20(16(4)25-21)23(30)32-7-2/h9-12,25H,6-8,13-14H2,1-5H3. The lowest BCUT2D eigenvalue weighted by Gasteiger charge is -2.10. The number of methoxy groups -OCH3 is 1. The van der Waals surface area contributed by atoms with Crippen LogP contribution in [-0.2, 0) is 11.3 Å². The molecule has 0 aliphatic heterocycles. The van der Waals surface area contributed by atoms with E-state index in [1.165, 1.54) is 11.8 Å². The number of benzene rings is 1. The molecule has 8 nitrogen and oxygen atoms in total. The molecule has 0 radical (unpaired) electrons. The topological polar surface area (TPSA) is 99.1 Å². The Hall–Kier alpha value is -3.07. The molecule has 3 rings (SSSR count). The molecular formula is C24H30N4O4S. The average Bonchev–Trinajstić information content (AvgIpc) is 3.35. The van der Waals surface area contributed by atoms with E-state index in [9.17, 15) is 9.59 Å². The molecule has 0 saturated heterocycles. The van der Waals surface area contributed by atoms with Gasteiger partial charge in [-0.15, -0.1) is 10.2 Å². The molecule has 0 unspecified atom stereocenters. The number of aromatic amines is 1. The van der Waals surface area contributed by atoms with Gasteiger partial charge in [-0.1, -0.05) is 25.1 Å². The molecule has 1 aromatic carbocycles. The third-order valence-electron chi connectivity index (χ3n) is 5.33. The Morgan fingerprint density at radius 2 is 1.85 bits per heavy atom. The van der Waals surface area contributed by atoms with Crippen LogP contribution in [0.1, 0.15) is 58.8 Å². The summed E-state index contributed by atoms with van der Waals surface area (Å²) in [6, 6.07) is 7.68. The summed E-state index contributed by atoms with van der Waals surface area (Å²) in [5, 5.41) is 9.44. The van der Waals surface area contributed by atoms with Gasteiger partial charge in [0.25, 0.3) is 0 Å². The number of hydrogen-bond acceptors (Lipinski definition) is 7. The Balaban J connectivity index is 1.81. The summed E-state index contributed by atoms with van der Waals surface area (Å²) in [5.41, 5.74) is 3.04. The van der Waals surface area contributed by atoms with Crippen molar-refractivity contribution in [2.24, 2.45) is 0 Å². The number of carbonyl (C=O) groups excluding carboxylic acids is 2. The summed E-state index contributed by atoms with van der Waals surface area (Å²) in [6.45, 7) is 8.46. The molecule has 0 spiro atoms. The largest absolute Gasteiger partial charge is 0.497 e. The fourth-order valence-corrected chi connectivity index (χ4v) is 4.44. The van der Waals surface area contributed by atoms with E-state index in [1.54, 1.807) is 27.9 Å². The van der Waals surface area contributed by atoms with E-state index in [0.29, 0.717) is 27.7 Å². The number of hydrogen-bond donors (Lipinski definition) is 1. The van der Waals surface area contributed by atoms with Gasteiger partial charge in [-0.25, -0.2) is 4.79 Å². The SMILES string of the molecule is CCCCn1c(SCC(=O)c2[nH]c(C)c(C(=O)OCC)c2C)nnc1-c1ccc(OC)cc1. The van der Waals surface area contributed by atoms with Crippen molar-refractivity contribution in [1.29, 1.82) is 0 Å². The first-order chi connectivity index (χ1) is 15.9. The molecule has 2 heterocycles. The van der Waals surface area contributed by atoms with Gasteiger partial charge in [0.1, 0.15) is 5.75 Å². The van der Waals surface area contributed by atoms with Crippen molar-refractivity contribution >= 4 is 23.5 Å². The predicted molar refractivity (Wildman–Crippen MR) is 128 cm³/mol. The molecule has 9 heteroatoms. The lowest BCUT2D eigenvalue weighted by molar-refractivity contribution is 0.0525. The highest BCUT2D eigenvalue weighted by Crippen LogP contribution is 2.27. The summed E-state index contributed by atoms with van der Waals surface area (Å²) in [4.78, 5) is 28.3. The predicted octanol–water partition coefficient (Wildman–Crippen LogP) is 4.85. The van der Waals surface area contributed by atoms with Gasteiger partial charge in [-0.3, -0.25) is 4.79 Å². The lowest BCUT2D eigenvalue weighted by Crippen LogP contribution is -2.09. The zero-order valence-electron chi connectivity index (χ0n) is 19.7. The van der Waals surface area contributed by atoms with Crippen LogP contribution in [0.4, 0.5) is 0 Å². The second-order valence-electron chi connectivity index (χ2n) is 7.60. The molecule has 0 aliphatic carbocycles. The Kier molecular flexibility index (Phi) is 8.32. The van der Waals surface area contributed by atoms with Crippen LogP contribution in [0, 0.1) is 13.8 Å². The average molecular weight is 471 g/mol. The number of H-pyrrole nitrogens is 1. The van der Waals surface area contributed by atoms with Crippen LogP contribution < -0.4 is 4.74 Å². The molecular weight excluding hydrogens is 440 g/mol. The second kappa shape index (κ2) is 11.2. The van der Waals surface area contributed by atoms with Crippen molar-refractivity contribution in [3.63, 3.8) is 0 Å². The fourth-order valence-electron chi connectivity index (χ4n) is 3.61. The maximum absolute atomic E-state index is 13.0. The number of nitrogens with one attached hydrogen (secondary N) is 1. The van der Waals surface area contributed by atoms with Crippen molar-refractivity contribution in [1.82, 2.24) is 19.7 Å². The highest BCUT2D eigenvalue weighted by molar-refractivity contribution is 7.99. The number of ketones is 1. The van der Waals surface area contributed by atoms with Gasteiger partial charge in [0.2, 0.25) is 0 Å². The molecule has 0 amide bonds. The minimum absolute atomic E-state index is 0.104. The number of carbonyl (C=O) groups is 2. The molecule has 33 heavy (non-hydrogen) atoms. The van der Waals surface area contributed by atoms with Crippen molar-refractivity contribution in [2.75, 3.05) is 19.5 Å². The summed E-state index contributed by atoms with van der Waals surface area (Å²) in [7, 11) is 1.63. The zero-order valence-corrected chi connectivity index (χ0v) is 20.5. The number of aryl methyl sites for hydroxylation is 1. The fraction of sp³-hybridized carbons (Fsp3) is 0.417. The van der Waals surface area contributed by atoms with Gasteiger partial charge in [-0.2, -0.15) is 0 Å². The minimum atomic E-state index is -0.418. The molecule has 0 atom stereocenters. The van der Waals surface area contributed by atoms with Crippen LogP contribution in [0.3, 0.4) is 0 Å². The van der Waals surface area contributed by atoms with E-state index in [4.69, 9.17) is 9.47 Å². The van der Waals surface area contributed by atoms with Crippen LogP contribution in [0.25, 0.3) is 11.4 Å². The molecule has 1 N–H and O–H groups in total. The Bertz CT molecular complexity index is 1120. The first kappa shape index (κ1) is 24.6. The van der Waals surface area contributed by atoms with Gasteiger partial charge >= 0.3 is 5.97 Å². The number of unbranched alkanes of at least 4 members (excludes halogenated alkanes) is 1. The number of aromatic nitrogens is 4. The van der Waals surface area contributed by atoms with Crippen molar-refractivity contribution < 1.29 is 19.1 Å². The van der Waals surface area contributed by atoms with Gasteiger partial charge in [0, 0.05) is 17.8 Å². The number of thioether (sulfide) groups is 1. The minimum Gasteiger partial charge on any atom is -0.497 e. The lowest BCUT2D eigenvalue weighted by atomic mass is 10.1. The summed E-state index contributed by atoms with van der Waals surface area (Å²) in [6.07, 6.45) is 2.00. The molecule has 176 valence electrons. The Morgan fingerprint density at radius 1 is 1.12 bits per heavy atom. The molecule has 0 fully saturated rings. The smallest absolute Gasteiger partial charge is 0.340 e. The summed E-state index contributed by atoms with van der Waals surface area (Å²) in [5.74, 6) is 1.19. The van der Waals surface area contributed by atoms with Crippen LogP contribution in [0.5, 0.6) is 5.75 Å². The highest BCUT2D eigenvalue weighted by Gasteiger charge is 2.23. The number of ether oxygens (including phenoxy) is 2. The van der Waals surface area contributed by atoms with Crippen LogP contribution >= 0.6 is 11.8 Å². The van der Waals surface area contributed by atoms with E-state index < -0.39 is 5.97 Å². The number of esters is 1. The first-order valence-corrected chi connectivity index (χ1v) is 12.0. The van der Waals surface area contributed by atoms with Gasteiger partial charge in [0.15, 0.2) is 16.8 Å². The number of rotatable bonds is 11. The van der Waals surface area contributed by atoms with E-state index in [0.717, 1.165) is 36.5 Å². The maximum atomic E-state index is 13.0. The molecule has 0 saturated carbocycles. The molecule has 3 aromatic rings. The molecule has 2 aromatic heterocycles. The van der Waals surface area contributed by atoms with Gasteiger partial charge < -0.3 is 19.0 Å². The van der Waals surface area contributed by atoms with Crippen LogP contribution in [0.2, 0.25) is 0 Å². The van der Waals surface area contributed by atoms with Gasteiger partial charge in [-0.05, 0) is 57.0 Å². The third kappa shape index (κ3) is 5.47. The van der Waals surface area contributed by atoms with E-state index in [-0.39, 0.29) is 18.1 Å². The monoisotopic (exact) mass is 470 g/mol. The second-order valence-corrected chi connectivity index (χ2v) is 8.54. The normalized spacial score (nSPS) is 10.9. The Labute approximate surface area is 198 Å². The quantitative estimate of drug-likeness (QED) is 0.243. The molecule has 0 bridgehead atoms. The highest BCUT2D eigenvalue weighted by atomic mass is 32.2. The zero-order chi connectivity index (χ0) is 24.0. The van der Waals surface area contributed by atoms with Crippen LogP contribution in [0.15, 0.2) is 29.4 Å². The summed E-state index contributed by atoms with van der Waals surface area (Å²) >= 11 is 1.35. The van der Waals surface area contributed by atoms with Crippen molar-refractivity contribution in [2.45, 2.75) is 52.2 Å². The first-order valence-electron chi connectivity index (χ1n) is 11.0. The third-order valence-corrected chi connectivity index (χ3v) is 6.30. The Morgan fingerprint density at radius 3 is 2.48 bits per heavy atom. The maximum Gasteiger partial charge on any atom is 0.340 e. The number of nitrogens with zero attached hydrogens (tertiary/aromatic N) is 3. The van der Waals surface area contributed by atoms with E-state index in [1.807, 2.05) is 24.3 Å². The van der Waals surface area contributed by atoms with Crippen molar-refractivity contribution in [3.8, 4) is 17.1 Å². The van der Waals surface area contributed by atoms with Gasteiger partial charge in [0.05, 0.1) is 30.7 Å². The molecule has 0 aliphatic rings.